The van der Waals surface area contributed by atoms with E-state index in [9.17, 15) is 5.11 Å². The first-order valence-corrected chi connectivity index (χ1v) is 9.39. The van der Waals surface area contributed by atoms with Crippen LogP contribution >= 0.6 is 11.3 Å². The van der Waals surface area contributed by atoms with Crippen LogP contribution in [0.4, 0.5) is 5.69 Å². The highest BCUT2D eigenvalue weighted by Crippen LogP contribution is 2.22. The lowest BCUT2D eigenvalue weighted by Gasteiger charge is -2.31. The van der Waals surface area contributed by atoms with Crippen molar-refractivity contribution in [3.63, 3.8) is 0 Å². The number of piperidine rings is 1. The Bertz CT molecular complexity index is 574. The van der Waals surface area contributed by atoms with Gasteiger partial charge < -0.3 is 15.3 Å². The van der Waals surface area contributed by atoms with Crippen LogP contribution in [0.1, 0.15) is 36.2 Å². The first-order chi connectivity index (χ1) is 11.2. The predicted molar refractivity (Wildman–Crippen MR) is 98.3 cm³/mol. The van der Waals surface area contributed by atoms with Crippen molar-refractivity contribution in [2.24, 2.45) is 0 Å². The number of nitrogens with one attached hydrogen (secondary N) is 1. The predicted octanol–water partition coefficient (Wildman–Crippen LogP) is 3.60. The van der Waals surface area contributed by atoms with E-state index in [0.29, 0.717) is 6.04 Å². The molecule has 1 aliphatic heterocycles. The van der Waals surface area contributed by atoms with Gasteiger partial charge in [-0.25, -0.2) is 0 Å². The lowest BCUT2D eigenvalue weighted by molar-refractivity contribution is 0.145. The van der Waals surface area contributed by atoms with Crippen molar-refractivity contribution in [1.29, 1.82) is 0 Å². The van der Waals surface area contributed by atoms with E-state index in [1.807, 2.05) is 11.3 Å². The molecule has 0 bridgehead atoms. The maximum Gasteiger partial charge on any atom is 0.0574 e. The lowest BCUT2D eigenvalue weighted by Crippen LogP contribution is -2.35. The van der Waals surface area contributed by atoms with Crippen LogP contribution in [0.15, 0.2) is 41.8 Å². The number of benzene rings is 1. The molecule has 1 unspecified atom stereocenters. The summed E-state index contributed by atoms with van der Waals surface area (Å²) in [6, 6.07) is 13.6. The van der Waals surface area contributed by atoms with E-state index in [2.05, 4.69) is 58.9 Å². The molecule has 4 heteroatoms. The van der Waals surface area contributed by atoms with Crippen LogP contribution in [0.3, 0.4) is 0 Å². The van der Waals surface area contributed by atoms with Gasteiger partial charge in [0.05, 0.1) is 6.10 Å². The summed E-state index contributed by atoms with van der Waals surface area (Å²) in [7, 11) is 0. The van der Waals surface area contributed by atoms with Crippen molar-refractivity contribution in [3.05, 3.63) is 52.2 Å². The van der Waals surface area contributed by atoms with Crippen LogP contribution in [0.5, 0.6) is 0 Å². The highest BCUT2D eigenvalue weighted by atomic mass is 32.1. The Morgan fingerprint density at radius 3 is 2.61 bits per heavy atom. The number of aliphatic hydroxyl groups is 1. The Morgan fingerprint density at radius 1 is 1.22 bits per heavy atom. The minimum atomic E-state index is -0.113. The Morgan fingerprint density at radius 2 is 1.96 bits per heavy atom. The van der Waals surface area contributed by atoms with E-state index in [1.54, 1.807) is 0 Å². The molecule has 1 fully saturated rings. The van der Waals surface area contributed by atoms with E-state index < -0.39 is 0 Å². The molecule has 1 atom stereocenters. The van der Waals surface area contributed by atoms with Gasteiger partial charge in [-0.15, -0.1) is 11.3 Å². The van der Waals surface area contributed by atoms with Crippen molar-refractivity contribution in [3.8, 4) is 0 Å². The van der Waals surface area contributed by atoms with Crippen LogP contribution in [-0.2, 0) is 6.42 Å². The molecule has 0 saturated carbocycles. The maximum atomic E-state index is 9.61. The van der Waals surface area contributed by atoms with Gasteiger partial charge in [-0.1, -0.05) is 18.2 Å². The zero-order chi connectivity index (χ0) is 16.1. The molecule has 1 saturated heterocycles. The first-order valence-electron chi connectivity index (χ1n) is 8.51. The van der Waals surface area contributed by atoms with Crippen LogP contribution in [0.25, 0.3) is 0 Å². The Hall–Kier alpha value is -1.36. The van der Waals surface area contributed by atoms with Gasteiger partial charge in [0, 0.05) is 36.2 Å². The van der Waals surface area contributed by atoms with Gasteiger partial charge in [0.1, 0.15) is 0 Å². The van der Waals surface area contributed by atoms with Gasteiger partial charge in [-0.05, 0) is 55.3 Å². The number of aliphatic hydroxyl groups excluding tert-OH is 1. The summed E-state index contributed by atoms with van der Waals surface area (Å²) in [6.07, 6.45) is 2.74. The Balaban J connectivity index is 1.50. The van der Waals surface area contributed by atoms with Crippen molar-refractivity contribution in [1.82, 2.24) is 5.32 Å². The van der Waals surface area contributed by atoms with Gasteiger partial charge in [0.2, 0.25) is 0 Å². The lowest BCUT2D eigenvalue weighted by atomic mass is 10.0. The molecule has 2 N–H and O–H groups in total. The summed E-state index contributed by atoms with van der Waals surface area (Å²) < 4.78 is 0. The number of hydrogen-bond acceptors (Lipinski definition) is 4. The van der Waals surface area contributed by atoms with Crippen molar-refractivity contribution >= 4 is 17.0 Å². The largest absolute Gasteiger partial charge is 0.393 e. The van der Waals surface area contributed by atoms with Gasteiger partial charge >= 0.3 is 0 Å². The van der Waals surface area contributed by atoms with Crippen molar-refractivity contribution in [2.75, 3.05) is 24.5 Å². The standard InChI is InChI=1S/C19H26N2OS/c1-15(20-11-8-19-3-2-14-23-19)16-4-6-17(7-5-16)21-12-9-18(22)10-13-21/h2-7,14-15,18,20,22H,8-13H2,1H3. The second-order valence-electron chi connectivity index (χ2n) is 6.31. The highest BCUT2D eigenvalue weighted by molar-refractivity contribution is 7.09. The molecule has 23 heavy (non-hydrogen) atoms. The molecule has 0 amide bonds. The molecule has 1 aromatic carbocycles. The number of nitrogens with zero attached hydrogens (tertiary/aromatic N) is 1. The van der Waals surface area contributed by atoms with Gasteiger partial charge in [0.15, 0.2) is 0 Å². The summed E-state index contributed by atoms with van der Waals surface area (Å²) in [5.41, 5.74) is 2.60. The minimum absolute atomic E-state index is 0.113. The van der Waals surface area contributed by atoms with E-state index in [-0.39, 0.29) is 6.10 Å². The fourth-order valence-electron chi connectivity index (χ4n) is 3.08. The third-order valence-electron chi connectivity index (χ3n) is 4.62. The number of rotatable bonds is 6. The average Bonchev–Trinajstić information content (AvgIpc) is 3.09. The second kappa shape index (κ2) is 7.95. The molecule has 124 valence electrons. The molecule has 3 rings (SSSR count). The molecule has 1 aliphatic rings. The van der Waals surface area contributed by atoms with E-state index in [0.717, 1.165) is 38.9 Å². The quantitative estimate of drug-likeness (QED) is 0.849. The molecule has 1 aromatic heterocycles. The van der Waals surface area contributed by atoms with Crippen molar-refractivity contribution in [2.45, 2.75) is 38.3 Å². The fourth-order valence-corrected chi connectivity index (χ4v) is 3.79. The number of hydrogen-bond donors (Lipinski definition) is 2. The molecule has 2 heterocycles. The molecular formula is C19H26N2OS. The van der Waals surface area contributed by atoms with Crippen molar-refractivity contribution < 1.29 is 5.11 Å². The summed E-state index contributed by atoms with van der Waals surface area (Å²) >= 11 is 1.82. The molecule has 3 nitrogen and oxygen atoms in total. The minimum Gasteiger partial charge on any atom is -0.393 e. The Kier molecular flexibility index (Phi) is 5.70. The third-order valence-corrected chi connectivity index (χ3v) is 5.56. The molecule has 0 spiro atoms. The van der Waals surface area contributed by atoms with E-state index >= 15 is 0 Å². The summed E-state index contributed by atoms with van der Waals surface area (Å²) in [6.45, 7) is 5.14. The van der Waals surface area contributed by atoms with Gasteiger partial charge in [0.25, 0.3) is 0 Å². The maximum absolute atomic E-state index is 9.61. The smallest absolute Gasteiger partial charge is 0.0574 e. The summed E-state index contributed by atoms with van der Waals surface area (Å²) in [5, 5.41) is 15.3. The Labute approximate surface area is 143 Å². The fraction of sp³-hybridized carbons (Fsp3) is 0.474. The summed E-state index contributed by atoms with van der Waals surface area (Å²) in [5.74, 6) is 0. The normalized spacial score (nSPS) is 17.4. The molecule has 0 radical (unpaired) electrons. The molecule has 0 aliphatic carbocycles. The topological polar surface area (TPSA) is 35.5 Å². The van der Waals surface area contributed by atoms with E-state index in [1.165, 1.54) is 16.1 Å². The molecule has 2 aromatic rings. The van der Waals surface area contributed by atoms with Gasteiger partial charge in [-0.3, -0.25) is 0 Å². The van der Waals surface area contributed by atoms with Crippen LogP contribution in [0, 0.1) is 0 Å². The summed E-state index contributed by atoms with van der Waals surface area (Å²) in [4.78, 5) is 3.80. The average molecular weight is 330 g/mol. The number of thiophene rings is 1. The monoisotopic (exact) mass is 330 g/mol. The van der Waals surface area contributed by atoms with Crippen LogP contribution in [0.2, 0.25) is 0 Å². The number of anilines is 1. The zero-order valence-corrected chi connectivity index (χ0v) is 14.6. The van der Waals surface area contributed by atoms with Gasteiger partial charge in [-0.2, -0.15) is 0 Å². The first kappa shape index (κ1) is 16.5. The SMILES string of the molecule is CC(NCCc1cccs1)c1ccc(N2CCC(O)CC2)cc1. The zero-order valence-electron chi connectivity index (χ0n) is 13.7. The van der Waals surface area contributed by atoms with Crippen LogP contribution < -0.4 is 10.2 Å². The second-order valence-corrected chi connectivity index (χ2v) is 7.35. The molecular weight excluding hydrogens is 304 g/mol. The van der Waals surface area contributed by atoms with Crippen LogP contribution in [-0.4, -0.2) is 30.8 Å². The van der Waals surface area contributed by atoms with E-state index in [4.69, 9.17) is 0 Å². The highest BCUT2D eigenvalue weighted by Gasteiger charge is 2.17. The third kappa shape index (κ3) is 4.56.